The van der Waals surface area contributed by atoms with E-state index in [0.717, 1.165) is 30.2 Å². The quantitative estimate of drug-likeness (QED) is 0.673. The van der Waals surface area contributed by atoms with Gasteiger partial charge >= 0.3 is 0 Å². The van der Waals surface area contributed by atoms with E-state index in [2.05, 4.69) is 21.8 Å². The molecule has 2 heterocycles. The van der Waals surface area contributed by atoms with Crippen LogP contribution in [0, 0.1) is 0 Å². The van der Waals surface area contributed by atoms with Crippen molar-refractivity contribution in [2.75, 3.05) is 25.5 Å². The molecule has 0 unspecified atom stereocenters. The lowest BCUT2D eigenvalue weighted by Gasteiger charge is -2.23. The van der Waals surface area contributed by atoms with Crippen molar-refractivity contribution in [2.24, 2.45) is 0 Å². The lowest BCUT2D eigenvalue weighted by atomic mass is 10.1. The zero-order valence-corrected chi connectivity index (χ0v) is 16.8. The highest BCUT2D eigenvalue weighted by molar-refractivity contribution is 7.19. The van der Waals surface area contributed by atoms with Crippen LogP contribution in [0.25, 0.3) is 10.2 Å². The number of amides is 1. The molecule has 0 radical (unpaired) electrons. The number of hydrogen-bond acceptors (Lipinski definition) is 5. The molecule has 4 rings (SSSR count). The van der Waals surface area contributed by atoms with Crippen LogP contribution in [0.5, 0.6) is 0 Å². The highest BCUT2D eigenvalue weighted by Crippen LogP contribution is 2.40. The van der Waals surface area contributed by atoms with Gasteiger partial charge in [-0.15, -0.1) is 11.3 Å². The van der Waals surface area contributed by atoms with E-state index in [4.69, 9.17) is 0 Å². The summed E-state index contributed by atoms with van der Waals surface area (Å²) in [7, 11) is 3.55. The first-order valence-electron chi connectivity index (χ1n) is 9.39. The van der Waals surface area contributed by atoms with Gasteiger partial charge in [-0.25, -0.2) is 9.97 Å². The molecule has 1 aliphatic carbocycles. The molecule has 3 aromatic rings. The molecule has 0 atom stereocenters. The maximum Gasteiger partial charge on any atom is 0.253 e. The van der Waals surface area contributed by atoms with Crippen LogP contribution in [0.1, 0.15) is 39.7 Å². The van der Waals surface area contributed by atoms with Crippen LogP contribution in [0.15, 0.2) is 30.6 Å². The molecule has 1 amide bonds. The predicted molar refractivity (Wildman–Crippen MR) is 111 cm³/mol. The lowest BCUT2D eigenvalue weighted by molar-refractivity contribution is 0.0827. The highest BCUT2D eigenvalue weighted by atomic mass is 32.1. The summed E-state index contributed by atoms with van der Waals surface area (Å²) in [5, 5.41) is 1.25. The molecule has 2 aromatic heterocycles. The third kappa shape index (κ3) is 3.30. The number of hydrogen-bond donors (Lipinski definition) is 0. The summed E-state index contributed by atoms with van der Waals surface area (Å²) in [6.07, 6.45) is 5.22. The van der Waals surface area contributed by atoms with Gasteiger partial charge in [0.25, 0.3) is 5.91 Å². The van der Waals surface area contributed by atoms with Gasteiger partial charge in [0.1, 0.15) is 17.0 Å². The Morgan fingerprint density at radius 2 is 1.93 bits per heavy atom. The first-order valence-corrected chi connectivity index (χ1v) is 10.2. The average molecular weight is 381 g/mol. The van der Waals surface area contributed by atoms with Crippen molar-refractivity contribution in [2.45, 2.75) is 32.7 Å². The molecule has 140 valence electrons. The van der Waals surface area contributed by atoms with Gasteiger partial charge in [-0.05, 0) is 49.4 Å². The van der Waals surface area contributed by atoms with Gasteiger partial charge in [-0.2, -0.15) is 0 Å². The van der Waals surface area contributed by atoms with E-state index in [0.29, 0.717) is 5.56 Å². The molecular formula is C21H24N4OS. The topological polar surface area (TPSA) is 49.3 Å². The monoisotopic (exact) mass is 380 g/mol. The van der Waals surface area contributed by atoms with Crippen molar-refractivity contribution in [3.05, 3.63) is 52.2 Å². The minimum Gasteiger partial charge on any atom is -0.352 e. The van der Waals surface area contributed by atoms with Crippen molar-refractivity contribution in [1.29, 1.82) is 0 Å². The van der Waals surface area contributed by atoms with Crippen LogP contribution in [-0.2, 0) is 19.4 Å². The standard InChI is InChI=1S/C21H24N4OS/c1-4-25(12-14-8-10-15(11-9-14)21(26)24(2)3)19-18-16-6-5-7-17(16)27-20(18)23-13-22-19/h8-11,13H,4-7,12H2,1-3H3. The third-order valence-electron chi connectivity index (χ3n) is 5.14. The Morgan fingerprint density at radius 3 is 2.63 bits per heavy atom. The Kier molecular flexibility index (Phi) is 4.83. The number of nitrogens with zero attached hydrogens (tertiary/aromatic N) is 4. The second-order valence-electron chi connectivity index (χ2n) is 7.15. The fourth-order valence-corrected chi connectivity index (χ4v) is 4.94. The maximum absolute atomic E-state index is 12.1. The van der Waals surface area contributed by atoms with Crippen molar-refractivity contribution in [3.63, 3.8) is 0 Å². The third-order valence-corrected chi connectivity index (χ3v) is 6.34. The minimum atomic E-state index is 0.0280. The molecule has 0 N–H and O–H groups in total. The van der Waals surface area contributed by atoms with Crippen molar-refractivity contribution in [3.8, 4) is 0 Å². The van der Waals surface area contributed by atoms with E-state index in [9.17, 15) is 4.79 Å². The van der Waals surface area contributed by atoms with Crippen LogP contribution in [-0.4, -0.2) is 41.4 Å². The van der Waals surface area contributed by atoms with E-state index in [1.165, 1.54) is 34.2 Å². The van der Waals surface area contributed by atoms with E-state index in [1.807, 2.05) is 35.6 Å². The number of aryl methyl sites for hydroxylation is 2. The van der Waals surface area contributed by atoms with E-state index < -0.39 is 0 Å². The van der Waals surface area contributed by atoms with Crippen molar-refractivity contribution >= 4 is 33.3 Å². The molecule has 5 nitrogen and oxygen atoms in total. The number of rotatable bonds is 5. The Labute approximate surface area is 163 Å². The van der Waals surface area contributed by atoms with Crippen LogP contribution >= 0.6 is 11.3 Å². The first-order chi connectivity index (χ1) is 13.1. The molecule has 27 heavy (non-hydrogen) atoms. The largest absolute Gasteiger partial charge is 0.352 e. The Balaban J connectivity index is 1.64. The fraction of sp³-hybridized carbons (Fsp3) is 0.381. The fourth-order valence-electron chi connectivity index (χ4n) is 3.72. The average Bonchev–Trinajstić information content (AvgIpc) is 3.26. The van der Waals surface area contributed by atoms with Crippen molar-refractivity contribution in [1.82, 2.24) is 14.9 Å². The molecule has 0 saturated heterocycles. The Bertz CT molecular complexity index is 978. The molecule has 1 aromatic carbocycles. The molecule has 0 spiro atoms. The summed E-state index contributed by atoms with van der Waals surface area (Å²) in [5.41, 5.74) is 3.34. The molecule has 0 fully saturated rings. The summed E-state index contributed by atoms with van der Waals surface area (Å²) < 4.78 is 0. The maximum atomic E-state index is 12.1. The zero-order valence-electron chi connectivity index (χ0n) is 16.0. The Hall–Kier alpha value is -2.47. The number of anilines is 1. The highest BCUT2D eigenvalue weighted by Gasteiger charge is 2.23. The van der Waals surface area contributed by atoms with Gasteiger partial charge in [0.05, 0.1) is 5.39 Å². The van der Waals surface area contributed by atoms with E-state index >= 15 is 0 Å². The number of thiophene rings is 1. The first kappa shape index (κ1) is 17.9. The number of carbonyl (C=O) groups is 1. The summed E-state index contributed by atoms with van der Waals surface area (Å²) >= 11 is 1.82. The van der Waals surface area contributed by atoms with Crippen LogP contribution in [0.3, 0.4) is 0 Å². The molecule has 0 saturated carbocycles. The lowest BCUT2D eigenvalue weighted by Crippen LogP contribution is -2.24. The molecular weight excluding hydrogens is 356 g/mol. The van der Waals surface area contributed by atoms with E-state index in [1.54, 1.807) is 25.3 Å². The van der Waals surface area contributed by atoms with Crippen LogP contribution in [0.4, 0.5) is 5.82 Å². The number of fused-ring (bicyclic) bond motifs is 3. The summed E-state index contributed by atoms with van der Waals surface area (Å²) in [4.78, 5) is 27.7. The van der Waals surface area contributed by atoms with Gasteiger partial charge in [-0.3, -0.25) is 4.79 Å². The van der Waals surface area contributed by atoms with Gasteiger partial charge in [0, 0.05) is 37.6 Å². The zero-order chi connectivity index (χ0) is 19.0. The molecule has 1 aliphatic rings. The van der Waals surface area contributed by atoms with Crippen LogP contribution in [0.2, 0.25) is 0 Å². The second-order valence-corrected chi connectivity index (χ2v) is 8.23. The van der Waals surface area contributed by atoms with Gasteiger partial charge in [0.15, 0.2) is 0 Å². The molecule has 0 bridgehead atoms. The normalized spacial score (nSPS) is 13.0. The second kappa shape index (κ2) is 7.27. The van der Waals surface area contributed by atoms with Gasteiger partial charge in [0.2, 0.25) is 0 Å². The van der Waals surface area contributed by atoms with Crippen molar-refractivity contribution < 1.29 is 4.79 Å². The minimum absolute atomic E-state index is 0.0280. The predicted octanol–water partition coefficient (Wildman–Crippen LogP) is 3.91. The smallest absolute Gasteiger partial charge is 0.253 e. The number of benzene rings is 1. The molecule has 6 heteroatoms. The summed E-state index contributed by atoms with van der Waals surface area (Å²) in [6, 6.07) is 7.89. The van der Waals surface area contributed by atoms with Gasteiger partial charge < -0.3 is 9.80 Å². The Morgan fingerprint density at radius 1 is 1.15 bits per heavy atom. The number of carbonyl (C=O) groups excluding carboxylic acids is 1. The van der Waals surface area contributed by atoms with Crippen LogP contribution < -0.4 is 4.90 Å². The SMILES string of the molecule is CCN(Cc1ccc(C(=O)N(C)C)cc1)c1ncnc2sc3c(c12)CCC3. The van der Waals surface area contributed by atoms with E-state index in [-0.39, 0.29) is 5.91 Å². The van der Waals surface area contributed by atoms with Gasteiger partial charge in [-0.1, -0.05) is 12.1 Å². The summed E-state index contributed by atoms with van der Waals surface area (Å²) in [6.45, 7) is 3.79. The summed E-state index contributed by atoms with van der Waals surface area (Å²) in [5.74, 6) is 1.07. The molecule has 0 aliphatic heterocycles. The number of aromatic nitrogens is 2.